The highest BCUT2D eigenvalue weighted by molar-refractivity contribution is 5.27. The van der Waals surface area contributed by atoms with Gasteiger partial charge in [0.1, 0.15) is 5.75 Å². The van der Waals surface area contributed by atoms with Crippen LogP contribution in [0.25, 0.3) is 0 Å². The van der Waals surface area contributed by atoms with Crippen LogP contribution in [0.3, 0.4) is 0 Å². The van der Waals surface area contributed by atoms with Gasteiger partial charge in [-0.1, -0.05) is 19.1 Å². The number of aryl methyl sites for hydroxylation is 2. The van der Waals surface area contributed by atoms with Crippen molar-refractivity contribution in [2.24, 2.45) is 18.7 Å². The Hall–Kier alpha value is -1.81. The summed E-state index contributed by atoms with van der Waals surface area (Å²) in [5, 5.41) is 4.51. The maximum absolute atomic E-state index is 5.96. The Morgan fingerprint density at radius 1 is 1.24 bits per heavy atom. The average Bonchev–Trinajstić information content (AvgIpc) is 2.87. The predicted molar refractivity (Wildman–Crippen MR) is 85.5 cm³/mol. The maximum atomic E-state index is 5.96. The summed E-state index contributed by atoms with van der Waals surface area (Å²) in [6, 6.07) is 10.4. The number of ether oxygens (including phenoxy) is 1. The van der Waals surface area contributed by atoms with Gasteiger partial charge >= 0.3 is 0 Å². The Morgan fingerprint density at radius 3 is 2.48 bits per heavy atom. The quantitative estimate of drug-likeness (QED) is 0.850. The largest absolute Gasteiger partial charge is 0.497 e. The highest BCUT2D eigenvalue weighted by Crippen LogP contribution is 2.17. The Balaban J connectivity index is 2.03. The standard InChI is InChI=1S/C17H25N3O/c1-4-15-11-16(20(2)19-15)10-14(12-18)9-13-5-7-17(21-3)8-6-13/h5-8,11,14H,4,9-10,12,18H2,1-3H3. The molecule has 1 atom stereocenters. The fraction of sp³-hybridized carbons (Fsp3) is 0.471. The molecule has 2 N–H and O–H groups in total. The van der Waals surface area contributed by atoms with E-state index < -0.39 is 0 Å². The first-order valence-corrected chi connectivity index (χ1v) is 7.51. The second kappa shape index (κ2) is 7.27. The van der Waals surface area contributed by atoms with Crippen molar-refractivity contribution in [2.45, 2.75) is 26.2 Å². The summed E-state index contributed by atoms with van der Waals surface area (Å²) >= 11 is 0. The van der Waals surface area contributed by atoms with Gasteiger partial charge in [-0.3, -0.25) is 4.68 Å². The highest BCUT2D eigenvalue weighted by atomic mass is 16.5. The van der Waals surface area contributed by atoms with E-state index in [1.54, 1.807) is 7.11 Å². The monoisotopic (exact) mass is 287 g/mol. The molecule has 4 nitrogen and oxygen atoms in total. The van der Waals surface area contributed by atoms with E-state index in [0.29, 0.717) is 12.5 Å². The zero-order chi connectivity index (χ0) is 15.2. The lowest BCUT2D eigenvalue weighted by Gasteiger charge is -2.15. The van der Waals surface area contributed by atoms with E-state index in [9.17, 15) is 0 Å². The Labute approximate surface area is 126 Å². The molecule has 1 aromatic carbocycles. The summed E-state index contributed by atoms with van der Waals surface area (Å²) in [4.78, 5) is 0. The van der Waals surface area contributed by atoms with Crippen LogP contribution in [0.5, 0.6) is 5.75 Å². The van der Waals surface area contributed by atoms with E-state index in [-0.39, 0.29) is 0 Å². The first kappa shape index (κ1) is 15.6. The van der Waals surface area contributed by atoms with Crippen LogP contribution in [0, 0.1) is 5.92 Å². The van der Waals surface area contributed by atoms with Crippen LogP contribution in [-0.4, -0.2) is 23.4 Å². The third-order valence-corrected chi connectivity index (χ3v) is 3.90. The molecule has 0 amide bonds. The molecule has 0 bridgehead atoms. The van der Waals surface area contributed by atoms with Crippen LogP contribution in [0.4, 0.5) is 0 Å². The molecule has 0 saturated carbocycles. The fourth-order valence-corrected chi connectivity index (χ4v) is 2.56. The molecule has 4 heteroatoms. The van der Waals surface area contributed by atoms with Crippen molar-refractivity contribution in [1.29, 1.82) is 0 Å². The summed E-state index contributed by atoms with van der Waals surface area (Å²) in [5.41, 5.74) is 9.66. The van der Waals surface area contributed by atoms with Crippen molar-refractivity contribution in [3.8, 4) is 5.75 Å². The zero-order valence-electron chi connectivity index (χ0n) is 13.2. The number of hydrogen-bond acceptors (Lipinski definition) is 3. The summed E-state index contributed by atoms with van der Waals surface area (Å²) in [5.74, 6) is 1.32. The molecule has 2 rings (SSSR count). The van der Waals surface area contributed by atoms with Gasteiger partial charge in [-0.05, 0) is 55.5 Å². The minimum atomic E-state index is 0.429. The number of hydrogen-bond donors (Lipinski definition) is 1. The van der Waals surface area contributed by atoms with Gasteiger partial charge in [0.2, 0.25) is 0 Å². The van der Waals surface area contributed by atoms with Gasteiger partial charge < -0.3 is 10.5 Å². The van der Waals surface area contributed by atoms with Gasteiger partial charge in [-0.2, -0.15) is 5.10 Å². The van der Waals surface area contributed by atoms with E-state index in [1.807, 2.05) is 23.9 Å². The molecule has 21 heavy (non-hydrogen) atoms. The molecule has 1 unspecified atom stereocenters. The third kappa shape index (κ3) is 4.08. The van der Waals surface area contributed by atoms with E-state index in [0.717, 1.165) is 30.7 Å². The van der Waals surface area contributed by atoms with E-state index in [4.69, 9.17) is 10.5 Å². The number of benzene rings is 1. The number of nitrogens with zero attached hydrogens (tertiary/aromatic N) is 2. The molecule has 114 valence electrons. The average molecular weight is 287 g/mol. The molecule has 0 saturated heterocycles. The smallest absolute Gasteiger partial charge is 0.118 e. The highest BCUT2D eigenvalue weighted by Gasteiger charge is 2.13. The Bertz CT molecular complexity index is 560. The van der Waals surface area contributed by atoms with Gasteiger partial charge in [0, 0.05) is 12.7 Å². The number of aromatic nitrogens is 2. The lowest BCUT2D eigenvalue weighted by Crippen LogP contribution is -2.20. The van der Waals surface area contributed by atoms with Crippen molar-refractivity contribution in [3.63, 3.8) is 0 Å². The van der Waals surface area contributed by atoms with Crippen molar-refractivity contribution >= 4 is 0 Å². The lowest BCUT2D eigenvalue weighted by molar-refractivity contribution is 0.414. The molecular weight excluding hydrogens is 262 g/mol. The van der Waals surface area contributed by atoms with E-state index in [1.165, 1.54) is 11.3 Å². The first-order valence-electron chi connectivity index (χ1n) is 7.51. The van der Waals surface area contributed by atoms with Gasteiger partial charge in [0.05, 0.1) is 12.8 Å². The molecule has 1 aromatic heterocycles. The van der Waals surface area contributed by atoms with Crippen molar-refractivity contribution in [2.75, 3.05) is 13.7 Å². The SMILES string of the molecule is CCc1cc(CC(CN)Cc2ccc(OC)cc2)n(C)n1. The van der Waals surface area contributed by atoms with Crippen LogP contribution in [0.1, 0.15) is 23.9 Å². The summed E-state index contributed by atoms with van der Waals surface area (Å²) in [7, 11) is 3.70. The van der Waals surface area contributed by atoms with Crippen LogP contribution < -0.4 is 10.5 Å². The second-order valence-corrected chi connectivity index (χ2v) is 5.46. The van der Waals surface area contributed by atoms with Gasteiger partial charge in [-0.15, -0.1) is 0 Å². The molecule has 0 aliphatic heterocycles. The zero-order valence-corrected chi connectivity index (χ0v) is 13.2. The maximum Gasteiger partial charge on any atom is 0.118 e. The Morgan fingerprint density at radius 2 is 1.95 bits per heavy atom. The summed E-state index contributed by atoms with van der Waals surface area (Å²) < 4.78 is 7.17. The molecule has 0 spiro atoms. The number of rotatable bonds is 7. The van der Waals surface area contributed by atoms with E-state index >= 15 is 0 Å². The molecule has 0 radical (unpaired) electrons. The minimum Gasteiger partial charge on any atom is -0.497 e. The van der Waals surface area contributed by atoms with Gasteiger partial charge in [0.25, 0.3) is 0 Å². The van der Waals surface area contributed by atoms with Crippen molar-refractivity contribution in [1.82, 2.24) is 9.78 Å². The van der Waals surface area contributed by atoms with Crippen LogP contribution in [0.2, 0.25) is 0 Å². The number of methoxy groups -OCH3 is 1. The molecule has 2 aromatic rings. The number of nitrogens with two attached hydrogens (primary N) is 1. The predicted octanol–water partition coefficient (Wildman–Crippen LogP) is 2.35. The fourth-order valence-electron chi connectivity index (χ4n) is 2.56. The third-order valence-electron chi connectivity index (χ3n) is 3.90. The first-order chi connectivity index (χ1) is 10.2. The van der Waals surface area contributed by atoms with Crippen LogP contribution in [-0.2, 0) is 26.3 Å². The normalized spacial score (nSPS) is 12.4. The molecule has 0 aliphatic carbocycles. The van der Waals surface area contributed by atoms with Crippen LogP contribution in [0.15, 0.2) is 30.3 Å². The van der Waals surface area contributed by atoms with Gasteiger partial charge in [-0.25, -0.2) is 0 Å². The molecular formula is C17H25N3O. The van der Waals surface area contributed by atoms with Crippen LogP contribution >= 0.6 is 0 Å². The second-order valence-electron chi connectivity index (χ2n) is 5.46. The topological polar surface area (TPSA) is 53.1 Å². The molecule has 0 aliphatic rings. The summed E-state index contributed by atoms with van der Waals surface area (Å²) in [6.07, 6.45) is 2.92. The summed E-state index contributed by atoms with van der Waals surface area (Å²) in [6.45, 7) is 2.81. The molecule has 0 fully saturated rings. The van der Waals surface area contributed by atoms with Crippen molar-refractivity contribution < 1.29 is 4.74 Å². The van der Waals surface area contributed by atoms with E-state index in [2.05, 4.69) is 30.2 Å². The minimum absolute atomic E-state index is 0.429. The van der Waals surface area contributed by atoms with Crippen molar-refractivity contribution in [3.05, 3.63) is 47.3 Å². The molecule has 1 heterocycles. The lowest BCUT2D eigenvalue weighted by atomic mass is 9.94. The Kier molecular flexibility index (Phi) is 5.39. The van der Waals surface area contributed by atoms with Gasteiger partial charge in [0.15, 0.2) is 0 Å².